The smallest absolute Gasteiger partial charge is 0.340 e. The highest BCUT2D eigenvalue weighted by atomic mass is 16.5. The lowest BCUT2D eigenvalue weighted by molar-refractivity contribution is 0.0527. The van der Waals surface area contributed by atoms with Gasteiger partial charge in [-0.15, -0.1) is 0 Å². The first-order valence-electron chi connectivity index (χ1n) is 9.90. The predicted molar refractivity (Wildman–Crippen MR) is 107 cm³/mol. The van der Waals surface area contributed by atoms with E-state index < -0.39 is 6.10 Å². The van der Waals surface area contributed by atoms with Gasteiger partial charge in [-0.05, 0) is 44.9 Å². The van der Waals surface area contributed by atoms with E-state index in [9.17, 15) is 9.90 Å². The number of nitrogens with zero attached hydrogens (tertiary/aromatic N) is 1. The Balaban J connectivity index is 1.61. The Morgan fingerprint density at radius 2 is 2.29 bits per heavy atom. The first-order chi connectivity index (χ1) is 13.5. The fraction of sp³-hybridized carbons (Fsp3) is 0.571. The highest BCUT2D eigenvalue weighted by Gasteiger charge is 2.20. The molecule has 0 unspecified atom stereocenters. The van der Waals surface area contributed by atoms with Gasteiger partial charge in [-0.3, -0.25) is 0 Å². The van der Waals surface area contributed by atoms with Gasteiger partial charge in [-0.25, -0.2) is 4.79 Å². The fourth-order valence-corrected chi connectivity index (χ4v) is 3.57. The average Bonchev–Trinajstić information content (AvgIpc) is 3.27. The van der Waals surface area contributed by atoms with E-state index in [1.165, 1.54) is 0 Å². The number of carbonyl (C=O) groups excluding carboxylic acids is 1. The van der Waals surface area contributed by atoms with Crippen LogP contribution in [0.1, 0.15) is 35.8 Å². The summed E-state index contributed by atoms with van der Waals surface area (Å²) >= 11 is 0. The van der Waals surface area contributed by atoms with Crippen LogP contribution < -0.4 is 10.1 Å². The summed E-state index contributed by atoms with van der Waals surface area (Å²) in [5, 5.41) is 14.2. The highest BCUT2D eigenvalue weighted by Crippen LogP contribution is 2.29. The Labute approximate surface area is 165 Å². The third-order valence-electron chi connectivity index (χ3n) is 5.16. The van der Waals surface area contributed by atoms with Crippen LogP contribution >= 0.6 is 0 Å². The second-order valence-corrected chi connectivity index (χ2v) is 7.18. The van der Waals surface area contributed by atoms with Gasteiger partial charge in [0.1, 0.15) is 18.5 Å². The zero-order valence-electron chi connectivity index (χ0n) is 16.9. The Hall–Kier alpha value is -2.09. The van der Waals surface area contributed by atoms with Crippen LogP contribution in [0.15, 0.2) is 18.2 Å². The van der Waals surface area contributed by atoms with Gasteiger partial charge in [0, 0.05) is 43.3 Å². The first kappa shape index (κ1) is 20.6. The molecule has 3 rings (SSSR count). The SMILES string of the molecule is CCOC(=O)c1c(C)n(C)c2ccc(OC[C@@H](O)CNC[C@H]3CCCO3)cc12. The lowest BCUT2D eigenvalue weighted by Gasteiger charge is -2.15. The fourth-order valence-electron chi connectivity index (χ4n) is 3.57. The molecule has 0 amide bonds. The molecule has 0 saturated carbocycles. The molecule has 2 N–H and O–H groups in total. The second kappa shape index (κ2) is 9.41. The molecule has 0 bridgehead atoms. The van der Waals surface area contributed by atoms with E-state index in [1.54, 1.807) is 6.92 Å². The largest absolute Gasteiger partial charge is 0.491 e. The number of esters is 1. The monoisotopic (exact) mass is 390 g/mol. The van der Waals surface area contributed by atoms with E-state index in [1.807, 2.05) is 36.7 Å². The van der Waals surface area contributed by atoms with Crippen molar-refractivity contribution >= 4 is 16.9 Å². The quantitative estimate of drug-likeness (QED) is 0.639. The Bertz CT molecular complexity index is 811. The van der Waals surface area contributed by atoms with Crippen molar-refractivity contribution in [2.75, 3.05) is 32.9 Å². The van der Waals surface area contributed by atoms with E-state index in [-0.39, 0.29) is 18.7 Å². The molecule has 0 aliphatic carbocycles. The molecule has 1 saturated heterocycles. The minimum Gasteiger partial charge on any atom is -0.491 e. The third-order valence-corrected chi connectivity index (χ3v) is 5.16. The third kappa shape index (κ3) is 4.66. The molecule has 2 heterocycles. The van der Waals surface area contributed by atoms with Gasteiger partial charge < -0.3 is 29.2 Å². The topological polar surface area (TPSA) is 82.0 Å². The molecule has 1 fully saturated rings. The summed E-state index contributed by atoms with van der Waals surface area (Å²) in [4.78, 5) is 12.4. The summed E-state index contributed by atoms with van der Waals surface area (Å²) in [5.74, 6) is 0.281. The molecule has 28 heavy (non-hydrogen) atoms. The lowest BCUT2D eigenvalue weighted by Crippen LogP contribution is -2.35. The van der Waals surface area contributed by atoms with E-state index in [0.717, 1.165) is 42.6 Å². The first-order valence-corrected chi connectivity index (χ1v) is 9.90. The molecule has 1 aromatic heterocycles. The number of aliphatic hydroxyl groups is 1. The minimum atomic E-state index is -0.626. The number of ether oxygens (including phenoxy) is 3. The van der Waals surface area contributed by atoms with Crippen LogP contribution in [0.25, 0.3) is 10.9 Å². The van der Waals surface area contributed by atoms with Crippen molar-refractivity contribution in [2.45, 2.75) is 38.9 Å². The molecule has 1 aliphatic rings. The Morgan fingerprint density at radius 1 is 1.46 bits per heavy atom. The summed E-state index contributed by atoms with van der Waals surface area (Å²) in [6.45, 7) is 6.21. The van der Waals surface area contributed by atoms with Gasteiger partial charge in [0.05, 0.1) is 18.3 Å². The molecule has 0 spiro atoms. The second-order valence-electron chi connectivity index (χ2n) is 7.18. The molecule has 7 nitrogen and oxygen atoms in total. The average molecular weight is 390 g/mol. The summed E-state index contributed by atoms with van der Waals surface area (Å²) in [5.41, 5.74) is 2.35. The van der Waals surface area contributed by atoms with Crippen molar-refractivity contribution in [1.82, 2.24) is 9.88 Å². The zero-order chi connectivity index (χ0) is 20.1. The number of benzene rings is 1. The molecule has 7 heteroatoms. The number of aliphatic hydroxyl groups excluding tert-OH is 1. The number of hydrogen-bond donors (Lipinski definition) is 2. The van der Waals surface area contributed by atoms with Crippen LogP contribution in [-0.2, 0) is 16.5 Å². The molecule has 1 aliphatic heterocycles. The summed E-state index contributed by atoms with van der Waals surface area (Å²) in [6.07, 6.45) is 1.80. The summed E-state index contributed by atoms with van der Waals surface area (Å²) in [6, 6.07) is 5.60. The molecule has 0 radical (unpaired) electrons. The molecule has 2 atom stereocenters. The van der Waals surface area contributed by atoms with Gasteiger partial charge in [-0.1, -0.05) is 0 Å². The maximum atomic E-state index is 12.4. The number of carbonyl (C=O) groups is 1. The standard InChI is InChI=1S/C21H30N2O5/c1-4-26-21(25)20-14(2)23(3)19-8-7-16(10-18(19)20)28-13-15(24)11-22-12-17-6-5-9-27-17/h7-8,10,15,17,22,24H,4-6,9,11-13H2,1-3H3/t15-,17+/m0/s1. The van der Waals surface area contributed by atoms with Gasteiger partial charge in [-0.2, -0.15) is 0 Å². The van der Waals surface area contributed by atoms with E-state index in [0.29, 0.717) is 24.5 Å². The highest BCUT2D eigenvalue weighted by molar-refractivity contribution is 6.06. The number of hydrogen-bond acceptors (Lipinski definition) is 6. The summed E-state index contributed by atoms with van der Waals surface area (Å²) in [7, 11) is 1.92. The Morgan fingerprint density at radius 3 is 3.00 bits per heavy atom. The normalized spacial score (nSPS) is 17.8. The number of aromatic nitrogens is 1. The number of fused-ring (bicyclic) bond motifs is 1. The van der Waals surface area contributed by atoms with Crippen molar-refractivity contribution in [2.24, 2.45) is 7.05 Å². The number of nitrogens with one attached hydrogen (secondary N) is 1. The van der Waals surface area contributed by atoms with E-state index in [2.05, 4.69) is 5.32 Å². The maximum Gasteiger partial charge on any atom is 0.340 e. The molecular weight excluding hydrogens is 360 g/mol. The zero-order valence-corrected chi connectivity index (χ0v) is 16.9. The summed E-state index contributed by atoms with van der Waals surface area (Å²) < 4.78 is 18.5. The van der Waals surface area contributed by atoms with Crippen LogP contribution in [0, 0.1) is 6.92 Å². The molecule has 1 aromatic carbocycles. The number of rotatable bonds is 9. The van der Waals surface area contributed by atoms with Crippen molar-refractivity contribution in [3.63, 3.8) is 0 Å². The van der Waals surface area contributed by atoms with E-state index in [4.69, 9.17) is 14.2 Å². The molecule has 2 aromatic rings. The van der Waals surface area contributed by atoms with Crippen molar-refractivity contribution in [3.8, 4) is 5.75 Å². The van der Waals surface area contributed by atoms with Crippen molar-refractivity contribution in [1.29, 1.82) is 0 Å². The maximum absolute atomic E-state index is 12.4. The van der Waals surface area contributed by atoms with Gasteiger partial charge in [0.2, 0.25) is 0 Å². The van der Waals surface area contributed by atoms with Gasteiger partial charge >= 0.3 is 5.97 Å². The Kier molecular flexibility index (Phi) is 6.93. The van der Waals surface area contributed by atoms with Crippen LogP contribution in [0.2, 0.25) is 0 Å². The van der Waals surface area contributed by atoms with Crippen LogP contribution in [0.4, 0.5) is 0 Å². The van der Waals surface area contributed by atoms with Crippen LogP contribution in [-0.4, -0.2) is 60.8 Å². The van der Waals surface area contributed by atoms with Gasteiger partial charge in [0.15, 0.2) is 0 Å². The van der Waals surface area contributed by atoms with Crippen molar-refractivity contribution in [3.05, 3.63) is 29.5 Å². The molecule has 154 valence electrons. The van der Waals surface area contributed by atoms with Crippen LogP contribution in [0.3, 0.4) is 0 Å². The van der Waals surface area contributed by atoms with Crippen molar-refractivity contribution < 1.29 is 24.1 Å². The lowest BCUT2D eigenvalue weighted by atomic mass is 10.1. The van der Waals surface area contributed by atoms with Crippen LogP contribution in [0.5, 0.6) is 5.75 Å². The van der Waals surface area contributed by atoms with Gasteiger partial charge in [0.25, 0.3) is 0 Å². The van der Waals surface area contributed by atoms with E-state index >= 15 is 0 Å². The minimum absolute atomic E-state index is 0.171. The number of aryl methyl sites for hydroxylation is 1. The predicted octanol–water partition coefficient (Wildman–Crippen LogP) is 2.17. The molecular formula is C21H30N2O5.